The molecule has 0 spiro atoms. The molecule has 1 heterocycles. The summed E-state index contributed by atoms with van der Waals surface area (Å²) in [4.78, 5) is 24.3. The number of hydrogen-bond donors (Lipinski definition) is 0. The van der Waals surface area contributed by atoms with E-state index in [2.05, 4.69) is 15.3 Å². The number of carbonyl (C=O) groups excluding carboxylic acids is 2. The number of Topliss-reactive ketones (excluding diaryl/α,β-unsaturated/α-hetero) is 1. The van der Waals surface area contributed by atoms with E-state index in [1.165, 1.54) is 23.5 Å². The van der Waals surface area contributed by atoms with E-state index in [4.69, 9.17) is 4.74 Å². The molecule has 2 aromatic rings. The van der Waals surface area contributed by atoms with Crippen LogP contribution in [0, 0.1) is 5.92 Å². The van der Waals surface area contributed by atoms with E-state index in [0.717, 1.165) is 0 Å². The van der Waals surface area contributed by atoms with Crippen LogP contribution in [0.3, 0.4) is 0 Å². The lowest BCUT2D eigenvalue weighted by molar-refractivity contribution is -0.143. The Bertz CT molecular complexity index is 623. The molecule has 2 rings (SSSR count). The van der Waals surface area contributed by atoms with Gasteiger partial charge in [-0.3, -0.25) is 9.59 Å². The van der Waals surface area contributed by atoms with Crippen LogP contribution in [-0.4, -0.2) is 39.4 Å². The highest BCUT2D eigenvalue weighted by Gasteiger charge is 2.27. The monoisotopic (exact) mass is 286 g/mol. The van der Waals surface area contributed by atoms with Crippen LogP contribution in [0.15, 0.2) is 48.1 Å². The summed E-state index contributed by atoms with van der Waals surface area (Å²) in [6.45, 7) is 1.87. The summed E-state index contributed by atoms with van der Waals surface area (Å²) >= 11 is 0. The number of rotatable bonds is 6. The zero-order chi connectivity index (χ0) is 15.1. The van der Waals surface area contributed by atoms with Gasteiger partial charge < -0.3 is 4.74 Å². The highest BCUT2D eigenvalue weighted by atomic mass is 16.5. The largest absolute Gasteiger partial charge is 0.465 e. The first-order valence-electron chi connectivity index (χ1n) is 6.37. The third-order valence-corrected chi connectivity index (χ3v) is 2.64. The maximum atomic E-state index is 12.4. The van der Waals surface area contributed by atoms with E-state index in [9.17, 15) is 9.59 Å². The Labute approximate surface area is 121 Å². The number of hydrogen-bond acceptors (Lipinski definition) is 6. The fraction of sp³-hybridized carbons (Fsp3) is 0.214. The van der Waals surface area contributed by atoms with Crippen molar-refractivity contribution >= 4 is 18.0 Å². The molecule has 1 atom stereocenters. The van der Waals surface area contributed by atoms with Crippen LogP contribution in [0.25, 0.3) is 0 Å². The Kier molecular flexibility index (Phi) is 4.92. The summed E-state index contributed by atoms with van der Waals surface area (Å²) in [6, 6.07) is 8.53. The maximum absolute atomic E-state index is 12.4. The van der Waals surface area contributed by atoms with Gasteiger partial charge in [0.25, 0.3) is 0 Å². The summed E-state index contributed by atoms with van der Waals surface area (Å²) in [6.07, 6.45) is 3.94. The van der Waals surface area contributed by atoms with E-state index >= 15 is 0 Å². The molecule has 0 saturated heterocycles. The molecule has 0 aliphatic rings. The summed E-state index contributed by atoms with van der Waals surface area (Å²) in [5, 5.41) is 11.1. The van der Waals surface area contributed by atoms with Crippen LogP contribution < -0.4 is 0 Å². The quantitative estimate of drug-likeness (QED) is 0.344. The molecule has 1 aromatic heterocycles. The lowest BCUT2D eigenvalue weighted by Crippen LogP contribution is -2.28. The molecule has 7 nitrogen and oxygen atoms in total. The Balaban J connectivity index is 2.23. The first kappa shape index (κ1) is 14.6. The van der Waals surface area contributed by atoms with Gasteiger partial charge in [0.15, 0.2) is 11.7 Å². The van der Waals surface area contributed by atoms with E-state index in [1.807, 2.05) is 0 Å². The Morgan fingerprint density at radius 2 is 1.95 bits per heavy atom. The average molecular weight is 286 g/mol. The molecule has 108 valence electrons. The van der Waals surface area contributed by atoms with Gasteiger partial charge in [-0.1, -0.05) is 30.3 Å². The van der Waals surface area contributed by atoms with Gasteiger partial charge in [-0.15, -0.1) is 10.2 Å². The first-order chi connectivity index (χ1) is 10.2. The van der Waals surface area contributed by atoms with Crippen LogP contribution in [0.4, 0.5) is 0 Å². The van der Waals surface area contributed by atoms with E-state index in [0.29, 0.717) is 5.56 Å². The van der Waals surface area contributed by atoms with Crippen molar-refractivity contribution in [3.63, 3.8) is 0 Å². The van der Waals surface area contributed by atoms with Crippen LogP contribution in [0.5, 0.6) is 0 Å². The molecule has 0 radical (unpaired) electrons. The van der Waals surface area contributed by atoms with Crippen LogP contribution >= 0.6 is 0 Å². The van der Waals surface area contributed by atoms with E-state index < -0.39 is 11.9 Å². The van der Waals surface area contributed by atoms with Gasteiger partial charge in [0.05, 0.1) is 6.61 Å². The third kappa shape index (κ3) is 3.82. The molecule has 0 fully saturated rings. The minimum Gasteiger partial charge on any atom is -0.465 e. The highest BCUT2D eigenvalue weighted by molar-refractivity contribution is 6.18. The van der Waals surface area contributed by atoms with Gasteiger partial charge in [-0.2, -0.15) is 5.10 Å². The molecule has 0 N–H and O–H groups in total. The summed E-state index contributed by atoms with van der Waals surface area (Å²) < 4.78 is 6.22. The number of benzene rings is 1. The second-order valence-corrected chi connectivity index (χ2v) is 4.07. The zero-order valence-electron chi connectivity index (χ0n) is 11.4. The topological polar surface area (TPSA) is 86.4 Å². The summed E-state index contributed by atoms with van der Waals surface area (Å²) in [5.41, 5.74) is 0.422. The lowest BCUT2D eigenvalue weighted by atomic mass is 9.99. The number of carbonyl (C=O) groups is 2. The van der Waals surface area contributed by atoms with Crippen molar-refractivity contribution in [2.75, 3.05) is 6.61 Å². The van der Waals surface area contributed by atoms with Crippen molar-refractivity contribution < 1.29 is 14.3 Å². The number of ether oxygens (including phenoxy) is 1. The average Bonchev–Trinajstić information content (AvgIpc) is 3.02. The SMILES string of the molecule is CCOC(=O)[C@H](/C=N\n1cnnc1)C(=O)c1ccccc1. The zero-order valence-corrected chi connectivity index (χ0v) is 11.4. The Morgan fingerprint density at radius 3 is 2.57 bits per heavy atom. The molecular weight excluding hydrogens is 272 g/mol. The minimum absolute atomic E-state index is 0.192. The second kappa shape index (κ2) is 7.09. The number of esters is 1. The van der Waals surface area contributed by atoms with Crippen LogP contribution in [-0.2, 0) is 9.53 Å². The Morgan fingerprint density at radius 1 is 1.29 bits per heavy atom. The van der Waals surface area contributed by atoms with Crippen molar-refractivity contribution in [1.82, 2.24) is 14.9 Å². The van der Waals surface area contributed by atoms with Crippen LogP contribution in [0.1, 0.15) is 17.3 Å². The number of nitrogens with zero attached hydrogens (tertiary/aromatic N) is 4. The molecule has 0 bridgehead atoms. The van der Waals surface area contributed by atoms with Crippen LogP contribution in [0.2, 0.25) is 0 Å². The predicted octanol–water partition coefficient (Wildman–Crippen LogP) is 1.17. The van der Waals surface area contributed by atoms with Crippen molar-refractivity contribution in [2.24, 2.45) is 11.0 Å². The molecule has 0 unspecified atom stereocenters. The number of aromatic nitrogens is 3. The fourth-order valence-corrected chi connectivity index (χ4v) is 1.65. The number of ketones is 1. The molecule has 0 aliphatic heterocycles. The molecule has 0 aliphatic carbocycles. The minimum atomic E-state index is -1.10. The summed E-state index contributed by atoms with van der Waals surface area (Å²) in [7, 11) is 0. The highest BCUT2D eigenvalue weighted by Crippen LogP contribution is 2.10. The smallest absolute Gasteiger partial charge is 0.322 e. The van der Waals surface area contributed by atoms with Crippen molar-refractivity contribution in [3.8, 4) is 0 Å². The molecular formula is C14H14N4O3. The molecule has 1 aromatic carbocycles. The molecule has 0 amide bonds. The Hall–Kier alpha value is -2.83. The van der Waals surface area contributed by atoms with Gasteiger partial charge in [-0.05, 0) is 6.92 Å². The third-order valence-electron chi connectivity index (χ3n) is 2.64. The standard InChI is InChI=1S/C14H14N4O3/c1-2-21-14(20)12(8-17-18-9-15-16-10-18)13(19)11-6-4-3-5-7-11/h3-10,12H,2H2,1H3/b17-8-/t12-/m1/s1. The normalized spacial score (nSPS) is 12.2. The fourth-order valence-electron chi connectivity index (χ4n) is 1.65. The van der Waals surface area contributed by atoms with E-state index in [1.54, 1.807) is 37.3 Å². The predicted molar refractivity (Wildman–Crippen MR) is 74.8 cm³/mol. The van der Waals surface area contributed by atoms with Gasteiger partial charge in [-0.25, -0.2) is 4.68 Å². The van der Waals surface area contributed by atoms with E-state index in [-0.39, 0.29) is 12.4 Å². The van der Waals surface area contributed by atoms with Crippen molar-refractivity contribution in [2.45, 2.75) is 6.92 Å². The molecule has 21 heavy (non-hydrogen) atoms. The lowest BCUT2D eigenvalue weighted by Gasteiger charge is -2.10. The maximum Gasteiger partial charge on any atom is 0.322 e. The van der Waals surface area contributed by atoms with Crippen molar-refractivity contribution in [3.05, 3.63) is 48.5 Å². The van der Waals surface area contributed by atoms with Crippen molar-refractivity contribution in [1.29, 1.82) is 0 Å². The second-order valence-electron chi connectivity index (χ2n) is 4.07. The molecule has 7 heteroatoms. The van der Waals surface area contributed by atoms with Gasteiger partial charge in [0.2, 0.25) is 0 Å². The van der Waals surface area contributed by atoms with Gasteiger partial charge in [0.1, 0.15) is 12.7 Å². The van der Waals surface area contributed by atoms with Gasteiger partial charge in [0, 0.05) is 11.8 Å². The molecule has 0 saturated carbocycles. The first-order valence-corrected chi connectivity index (χ1v) is 6.37. The van der Waals surface area contributed by atoms with Gasteiger partial charge >= 0.3 is 5.97 Å². The summed E-state index contributed by atoms with van der Waals surface area (Å²) in [5.74, 6) is -2.11.